The van der Waals surface area contributed by atoms with Crippen LogP contribution in [0, 0.1) is 28.5 Å². The van der Waals surface area contributed by atoms with Crippen LogP contribution in [0.5, 0.6) is 0 Å². The van der Waals surface area contributed by atoms with Crippen LogP contribution in [0.4, 0.5) is 4.39 Å². The number of benzene rings is 1. The molecule has 0 aliphatic rings. The van der Waals surface area contributed by atoms with Gasteiger partial charge in [0.1, 0.15) is 18.0 Å². The Morgan fingerprint density at radius 3 is 2.65 bits per heavy atom. The minimum atomic E-state index is -0.344. The number of hydrogen-bond acceptors (Lipinski definition) is 3. The molecule has 0 unspecified atom stereocenters. The van der Waals surface area contributed by atoms with Crippen LogP contribution in [0.2, 0.25) is 0 Å². The van der Waals surface area contributed by atoms with Crippen LogP contribution in [0.15, 0.2) is 30.6 Å². The fourth-order valence-corrected chi connectivity index (χ4v) is 1.51. The molecule has 0 atom stereocenters. The first-order valence-electron chi connectivity index (χ1n) is 4.85. The van der Waals surface area contributed by atoms with E-state index in [-0.39, 0.29) is 23.7 Å². The van der Waals surface area contributed by atoms with Gasteiger partial charge in [-0.3, -0.25) is 0 Å². The van der Waals surface area contributed by atoms with Crippen molar-refractivity contribution in [2.75, 3.05) is 0 Å². The van der Waals surface area contributed by atoms with Crippen molar-refractivity contribution >= 4 is 0 Å². The SMILES string of the molecule is N#Cc1ncn(Cc2ccccc2F)c1C#N. The summed E-state index contributed by atoms with van der Waals surface area (Å²) in [6, 6.07) is 10.00. The van der Waals surface area contributed by atoms with Crippen LogP contribution in [-0.2, 0) is 6.54 Å². The zero-order chi connectivity index (χ0) is 12.3. The van der Waals surface area contributed by atoms with E-state index in [4.69, 9.17) is 10.5 Å². The summed E-state index contributed by atoms with van der Waals surface area (Å²) < 4.78 is 14.9. The molecule has 0 spiro atoms. The third-order valence-electron chi connectivity index (χ3n) is 2.35. The van der Waals surface area contributed by atoms with Crippen molar-refractivity contribution < 1.29 is 4.39 Å². The summed E-state index contributed by atoms with van der Waals surface area (Å²) >= 11 is 0. The molecule has 0 N–H and O–H groups in total. The summed E-state index contributed by atoms with van der Waals surface area (Å²) in [5, 5.41) is 17.6. The number of hydrogen-bond donors (Lipinski definition) is 0. The molecule has 0 fully saturated rings. The standard InChI is InChI=1S/C12H7FN4/c13-10-4-2-1-3-9(10)7-17-8-16-11(5-14)12(17)6-15/h1-4,8H,7H2. The van der Waals surface area contributed by atoms with E-state index in [9.17, 15) is 4.39 Å². The fraction of sp³-hybridized carbons (Fsp3) is 0.0833. The Morgan fingerprint density at radius 1 is 1.24 bits per heavy atom. The molecule has 0 amide bonds. The van der Waals surface area contributed by atoms with Gasteiger partial charge >= 0.3 is 0 Å². The molecule has 0 bridgehead atoms. The topological polar surface area (TPSA) is 65.4 Å². The quantitative estimate of drug-likeness (QED) is 0.784. The Hall–Kier alpha value is -2.66. The predicted molar refractivity (Wildman–Crippen MR) is 57.2 cm³/mol. The van der Waals surface area contributed by atoms with Crippen molar-refractivity contribution in [2.24, 2.45) is 0 Å². The van der Waals surface area contributed by atoms with Gasteiger partial charge in [-0.15, -0.1) is 0 Å². The Morgan fingerprint density at radius 2 is 2.00 bits per heavy atom. The van der Waals surface area contributed by atoms with Crippen LogP contribution in [0.1, 0.15) is 17.0 Å². The molecule has 0 saturated heterocycles. The second kappa shape index (κ2) is 4.46. The number of aromatic nitrogens is 2. The molecule has 0 radical (unpaired) electrons. The molecule has 17 heavy (non-hydrogen) atoms. The van der Waals surface area contributed by atoms with Crippen molar-refractivity contribution in [1.29, 1.82) is 10.5 Å². The van der Waals surface area contributed by atoms with Crippen molar-refractivity contribution in [2.45, 2.75) is 6.54 Å². The van der Waals surface area contributed by atoms with Crippen molar-refractivity contribution in [3.63, 3.8) is 0 Å². The fourth-order valence-electron chi connectivity index (χ4n) is 1.51. The second-order valence-corrected chi connectivity index (χ2v) is 3.38. The van der Waals surface area contributed by atoms with Crippen LogP contribution >= 0.6 is 0 Å². The molecule has 1 aromatic heterocycles. The highest BCUT2D eigenvalue weighted by Crippen LogP contribution is 2.12. The number of imidazole rings is 1. The average Bonchev–Trinajstić information content (AvgIpc) is 2.74. The van der Waals surface area contributed by atoms with Gasteiger partial charge < -0.3 is 4.57 Å². The number of rotatable bonds is 2. The van der Waals surface area contributed by atoms with E-state index >= 15 is 0 Å². The molecule has 2 aromatic rings. The minimum absolute atomic E-state index is 0.0591. The molecule has 2 rings (SSSR count). The Bertz CT molecular complexity index is 631. The van der Waals surface area contributed by atoms with Crippen LogP contribution in [0.25, 0.3) is 0 Å². The molecule has 0 aliphatic heterocycles. The summed E-state index contributed by atoms with van der Waals surface area (Å²) in [7, 11) is 0. The van der Waals surface area contributed by atoms with Gasteiger partial charge in [-0.1, -0.05) is 18.2 Å². The van der Waals surface area contributed by atoms with E-state index < -0.39 is 0 Å². The highest BCUT2D eigenvalue weighted by atomic mass is 19.1. The van der Waals surface area contributed by atoms with E-state index in [2.05, 4.69) is 4.98 Å². The van der Waals surface area contributed by atoms with Gasteiger partial charge in [-0.2, -0.15) is 10.5 Å². The first kappa shape index (κ1) is 10.8. The first-order valence-corrected chi connectivity index (χ1v) is 4.85. The Balaban J connectivity index is 2.39. The van der Waals surface area contributed by atoms with E-state index in [1.54, 1.807) is 18.2 Å². The monoisotopic (exact) mass is 226 g/mol. The van der Waals surface area contributed by atoms with Gasteiger partial charge in [0, 0.05) is 5.56 Å². The molecule has 82 valence electrons. The van der Waals surface area contributed by atoms with Gasteiger partial charge in [0.2, 0.25) is 0 Å². The van der Waals surface area contributed by atoms with Crippen LogP contribution in [0.3, 0.4) is 0 Å². The molecule has 4 nitrogen and oxygen atoms in total. The van der Waals surface area contributed by atoms with Gasteiger partial charge in [0.05, 0.1) is 12.9 Å². The minimum Gasteiger partial charge on any atom is -0.317 e. The van der Waals surface area contributed by atoms with E-state index in [1.165, 1.54) is 17.0 Å². The lowest BCUT2D eigenvalue weighted by Crippen LogP contribution is -2.03. The highest BCUT2D eigenvalue weighted by Gasteiger charge is 2.11. The smallest absolute Gasteiger partial charge is 0.176 e. The number of nitrogens with zero attached hydrogens (tertiary/aromatic N) is 4. The van der Waals surface area contributed by atoms with Crippen molar-refractivity contribution in [3.05, 3.63) is 53.4 Å². The summed E-state index contributed by atoms with van der Waals surface area (Å²) in [4.78, 5) is 3.79. The zero-order valence-corrected chi connectivity index (χ0v) is 8.76. The maximum atomic E-state index is 13.4. The van der Waals surface area contributed by atoms with Crippen LogP contribution in [-0.4, -0.2) is 9.55 Å². The molecule has 1 heterocycles. The van der Waals surface area contributed by atoms with Crippen molar-refractivity contribution in [3.8, 4) is 12.1 Å². The molecule has 0 aliphatic carbocycles. The van der Waals surface area contributed by atoms with Gasteiger partial charge in [-0.05, 0) is 6.07 Å². The predicted octanol–water partition coefficient (Wildman–Crippen LogP) is 1.81. The summed E-state index contributed by atoms with van der Waals surface area (Å²) in [5.74, 6) is -0.344. The third-order valence-corrected chi connectivity index (χ3v) is 2.35. The number of nitriles is 2. The van der Waals surface area contributed by atoms with Gasteiger partial charge in [-0.25, -0.2) is 9.37 Å². The largest absolute Gasteiger partial charge is 0.317 e. The van der Waals surface area contributed by atoms with E-state index in [0.29, 0.717) is 5.56 Å². The molecular formula is C12H7FN4. The molecular weight excluding hydrogens is 219 g/mol. The summed E-state index contributed by atoms with van der Waals surface area (Å²) in [6.45, 7) is 0.185. The van der Waals surface area contributed by atoms with Crippen LogP contribution < -0.4 is 0 Å². The molecule has 0 saturated carbocycles. The zero-order valence-electron chi connectivity index (χ0n) is 8.76. The highest BCUT2D eigenvalue weighted by molar-refractivity contribution is 5.36. The maximum Gasteiger partial charge on any atom is 0.176 e. The maximum absolute atomic E-state index is 13.4. The van der Waals surface area contributed by atoms with Crippen molar-refractivity contribution in [1.82, 2.24) is 9.55 Å². The molecule has 1 aromatic carbocycles. The lowest BCUT2D eigenvalue weighted by atomic mass is 10.2. The van der Waals surface area contributed by atoms with Gasteiger partial charge in [0.25, 0.3) is 0 Å². The first-order chi connectivity index (χ1) is 8.26. The van der Waals surface area contributed by atoms with E-state index in [1.807, 2.05) is 12.1 Å². The summed E-state index contributed by atoms with van der Waals surface area (Å²) in [6.07, 6.45) is 1.36. The lowest BCUT2D eigenvalue weighted by Gasteiger charge is -2.04. The number of halogens is 1. The average molecular weight is 226 g/mol. The molecule has 5 heteroatoms. The second-order valence-electron chi connectivity index (χ2n) is 3.38. The van der Waals surface area contributed by atoms with E-state index in [0.717, 1.165) is 0 Å². The Kier molecular flexibility index (Phi) is 2.85. The normalized spacial score (nSPS) is 9.59. The Labute approximate surface area is 97.2 Å². The summed E-state index contributed by atoms with van der Waals surface area (Å²) in [5.41, 5.74) is 0.658. The van der Waals surface area contributed by atoms with Gasteiger partial charge in [0.15, 0.2) is 11.4 Å². The third kappa shape index (κ3) is 1.99. The lowest BCUT2D eigenvalue weighted by molar-refractivity contribution is 0.598.